The van der Waals surface area contributed by atoms with Gasteiger partial charge in [0.2, 0.25) is 0 Å². The number of aromatic amines is 1. The van der Waals surface area contributed by atoms with Crippen molar-refractivity contribution in [3.8, 4) is 16.3 Å². The van der Waals surface area contributed by atoms with E-state index in [0.29, 0.717) is 6.42 Å². The van der Waals surface area contributed by atoms with Gasteiger partial charge in [-0.1, -0.05) is 30.3 Å². The average molecular weight is 376 g/mol. The molecule has 0 atom stereocenters. The van der Waals surface area contributed by atoms with Gasteiger partial charge in [0.05, 0.1) is 16.5 Å². The summed E-state index contributed by atoms with van der Waals surface area (Å²) >= 11 is 1.55. The summed E-state index contributed by atoms with van der Waals surface area (Å²) < 4.78 is 5.65. The zero-order chi connectivity index (χ0) is 18.8. The summed E-state index contributed by atoms with van der Waals surface area (Å²) in [5.41, 5.74) is 3.60. The normalized spacial score (nSPS) is 11.2. The van der Waals surface area contributed by atoms with Crippen LogP contribution in [0, 0.1) is 0 Å². The van der Waals surface area contributed by atoms with E-state index in [2.05, 4.69) is 10.2 Å². The van der Waals surface area contributed by atoms with Gasteiger partial charge in [0.1, 0.15) is 11.4 Å². The molecule has 0 fully saturated rings. The number of rotatable bonds is 6. The maximum absolute atomic E-state index is 12.7. The molecule has 0 aliphatic rings. The third kappa shape index (κ3) is 3.78. The molecule has 136 valence electrons. The molecule has 0 spiro atoms. The predicted octanol–water partition coefficient (Wildman–Crippen LogP) is 5.50. The summed E-state index contributed by atoms with van der Waals surface area (Å²) in [4.78, 5) is 13.7. The number of hydrogen-bond acceptors (Lipinski definition) is 4. The zero-order valence-corrected chi connectivity index (χ0v) is 16.0. The van der Waals surface area contributed by atoms with Crippen LogP contribution in [-0.4, -0.2) is 22.1 Å². The molecule has 2 aromatic carbocycles. The van der Waals surface area contributed by atoms with Gasteiger partial charge in [-0.15, -0.1) is 11.3 Å². The van der Waals surface area contributed by atoms with Crippen LogP contribution < -0.4 is 4.74 Å². The third-order valence-corrected chi connectivity index (χ3v) is 5.22. The number of thiophene rings is 1. The van der Waals surface area contributed by atoms with E-state index in [1.54, 1.807) is 11.3 Å². The average Bonchev–Trinajstić information content (AvgIpc) is 3.29. The number of nitrogens with zero attached hydrogens (tertiary/aromatic N) is 1. The van der Waals surface area contributed by atoms with Gasteiger partial charge in [-0.3, -0.25) is 9.89 Å². The van der Waals surface area contributed by atoms with Crippen LogP contribution in [0.5, 0.6) is 5.75 Å². The molecule has 2 aromatic heterocycles. The molecule has 0 aliphatic heterocycles. The van der Waals surface area contributed by atoms with Crippen LogP contribution in [0.25, 0.3) is 21.5 Å². The molecule has 0 saturated heterocycles. The number of benzene rings is 2. The van der Waals surface area contributed by atoms with Gasteiger partial charge in [0, 0.05) is 22.8 Å². The lowest BCUT2D eigenvalue weighted by atomic mass is 10.0. The summed E-state index contributed by atoms with van der Waals surface area (Å²) in [5.74, 6) is 0.930. The van der Waals surface area contributed by atoms with Crippen molar-refractivity contribution >= 4 is 28.0 Å². The second-order valence-corrected chi connectivity index (χ2v) is 7.64. The van der Waals surface area contributed by atoms with Crippen LogP contribution in [0.3, 0.4) is 0 Å². The highest BCUT2D eigenvalue weighted by atomic mass is 32.1. The van der Waals surface area contributed by atoms with Crippen LogP contribution >= 0.6 is 11.3 Å². The molecule has 4 rings (SSSR count). The van der Waals surface area contributed by atoms with Crippen LogP contribution in [0.15, 0.2) is 60.0 Å². The molecule has 0 amide bonds. The maximum atomic E-state index is 12.7. The second kappa shape index (κ2) is 7.37. The van der Waals surface area contributed by atoms with Crippen LogP contribution in [-0.2, 0) is 6.42 Å². The summed E-state index contributed by atoms with van der Waals surface area (Å²) in [6.07, 6.45) is 0.513. The SMILES string of the molecule is CC(C)Oc1ccc(CC(=O)c2csc(-c3n[nH]c4ccccc34)c2)cc1. The van der Waals surface area contributed by atoms with Crippen molar-refractivity contribution in [2.75, 3.05) is 0 Å². The monoisotopic (exact) mass is 376 g/mol. The van der Waals surface area contributed by atoms with Crippen molar-refractivity contribution < 1.29 is 9.53 Å². The summed E-state index contributed by atoms with van der Waals surface area (Å²) in [7, 11) is 0. The molecule has 1 N–H and O–H groups in total. The van der Waals surface area contributed by atoms with E-state index in [1.807, 2.05) is 73.8 Å². The van der Waals surface area contributed by atoms with E-state index in [9.17, 15) is 4.79 Å². The number of carbonyl (C=O) groups is 1. The van der Waals surface area contributed by atoms with Crippen molar-refractivity contribution in [2.45, 2.75) is 26.4 Å². The van der Waals surface area contributed by atoms with E-state index in [1.165, 1.54) is 0 Å². The van der Waals surface area contributed by atoms with Crippen molar-refractivity contribution in [3.63, 3.8) is 0 Å². The highest BCUT2D eigenvalue weighted by Gasteiger charge is 2.14. The lowest BCUT2D eigenvalue weighted by molar-refractivity contribution is 0.0993. The van der Waals surface area contributed by atoms with Gasteiger partial charge in [0.15, 0.2) is 5.78 Å². The first-order valence-corrected chi connectivity index (χ1v) is 9.79. The molecule has 0 radical (unpaired) electrons. The first-order valence-electron chi connectivity index (χ1n) is 8.91. The maximum Gasteiger partial charge on any atom is 0.168 e. The first kappa shape index (κ1) is 17.5. The third-order valence-electron chi connectivity index (χ3n) is 4.28. The second-order valence-electron chi connectivity index (χ2n) is 6.73. The minimum Gasteiger partial charge on any atom is -0.491 e. The lowest BCUT2D eigenvalue weighted by Crippen LogP contribution is -2.06. The Morgan fingerprint density at radius 1 is 1.15 bits per heavy atom. The Bertz CT molecular complexity index is 1080. The Kier molecular flexibility index (Phi) is 4.77. The van der Waals surface area contributed by atoms with E-state index >= 15 is 0 Å². The highest BCUT2D eigenvalue weighted by Crippen LogP contribution is 2.31. The molecule has 2 heterocycles. The molecule has 4 aromatic rings. The molecule has 0 bridgehead atoms. The number of nitrogens with one attached hydrogen (secondary N) is 1. The zero-order valence-electron chi connectivity index (χ0n) is 15.2. The molecular formula is C22H20N2O2S. The van der Waals surface area contributed by atoms with Gasteiger partial charge in [-0.05, 0) is 43.7 Å². The van der Waals surface area contributed by atoms with E-state index in [4.69, 9.17) is 4.74 Å². The fraction of sp³-hybridized carbons (Fsp3) is 0.182. The first-order chi connectivity index (χ1) is 13.1. The van der Waals surface area contributed by atoms with Crippen molar-refractivity contribution in [2.24, 2.45) is 0 Å². The van der Waals surface area contributed by atoms with Crippen molar-refractivity contribution in [3.05, 3.63) is 71.1 Å². The fourth-order valence-corrected chi connectivity index (χ4v) is 3.92. The highest BCUT2D eigenvalue weighted by molar-refractivity contribution is 7.14. The lowest BCUT2D eigenvalue weighted by Gasteiger charge is -2.09. The van der Waals surface area contributed by atoms with Crippen LogP contribution in [0.2, 0.25) is 0 Å². The summed E-state index contributed by atoms with van der Waals surface area (Å²) in [6.45, 7) is 3.99. The quantitative estimate of drug-likeness (QED) is 0.452. The van der Waals surface area contributed by atoms with Crippen LogP contribution in [0.4, 0.5) is 0 Å². The van der Waals surface area contributed by atoms with Gasteiger partial charge in [0.25, 0.3) is 0 Å². The Labute approximate surface area is 161 Å². The molecule has 5 heteroatoms. The fourth-order valence-electron chi connectivity index (χ4n) is 3.00. The molecular weight excluding hydrogens is 356 g/mol. The number of para-hydroxylation sites is 1. The summed E-state index contributed by atoms with van der Waals surface area (Å²) in [5, 5.41) is 10.4. The standard InChI is InChI=1S/C22H20N2O2S/c1-14(2)26-17-9-7-15(8-10-17)11-20(25)16-12-21(27-13-16)22-18-5-3-4-6-19(18)23-24-22/h3-10,12-14H,11H2,1-2H3,(H,23,24). The Morgan fingerprint density at radius 3 is 2.70 bits per heavy atom. The van der Waals surface area contributed by atoms with E-state index < -0.39 is 0 Å². The van der Waals surface area contributed by atoms with Gasteiger partial charge in [-0.25, -0.2) is 0 Å². The Balaban J connectivity index is 1.50. The minimum absolute atomic E-state index is 0.106. The van der Waals surface area contributed by atoms with Crippen LogP contribution in [0.1, 0.15) is 29.8 Å². The Morgan fingerprint density at radius 2 is 1.93 bits per heavy atom. The molecule has 4 nitrogen and oxygen atoms in total. The van der Waals surface area contributed by atoms with E-state index in [-0.39, 0.29) is 11.9 Å². The smallest absolute Gasteiger partial charge is 0.168 e. The molecule has 0 saturated carbocycles. The minimum atomic E-state index is 0.106. The number of hydrogen-bond donors (Lipinski definition) is 1. The van der Waals surface area contributed by atoms with Gasteiger partial charge in [-0.2, -0.15) is 5.10 Å². The van der Waals surface area contributed by atoms with E-state index in [0.717, 1.165) is 38.4 Å². The number of carbonyl (C=O) groups excluding carboxylic acids is 1. The number of ketones is 1. The predicted molar refractivity (Wildman–Crippen MR) is 110 cm³/mol. The topological polar surface area (TPSA) is 55.0 Å². The number of H-pyrrole nitrogens is 1. The van der Waals surface area contributed by atoms with Gasteiger partial charge >= 0.3 is 0 Å². The number of aromatic nitrogens is 2. The van der Waals surface area contributed by atoms with Crippen molar-refractivity contribution in [1.82, 2.24) is 10.2 Å². The summed E-state index contributed by atoms with van der Waals surface area (Å²) in [6, 6.07) is 17.7. The number of fused-ring (bicyclic) bond motifs is 1. The number of Topliss-reactive ketones (excluding diaryl/α,β-unsaturated/α-hetero) is 1. The van der Waals surface area contributed by atoms with Gasteiger partial charge < -0.3 is 4.74 Å². The molecule has 27 heavy (non-hydrogen) atoms. The molecule has 0 aliphatic carbocycles. The largest absolute Gasteiger partial charge is 0.491 e. The number of ether oxygens (including phenoxy) is 1. The molecule has 0 unspecified atom stereocenters. The van der Waals surface area contributed by atoms with Crippen molar-refractivity contribution in [1.29, 1.82) is 0 Å². The Hall–Kier alpha value is -2.92.